The summed E-state index contributed by atoms with van der Waals surface area (Å²) in [6, 6.07) is 24.8. The maximum absolute atomic E-state index is 12.8. The SMILES string of the molecule is Cc1sc(NC(=O)c2ccc(N3CCCCC3c3ccccc3)nc2)nc1-c1ccccc1. The van der Waals surface area contributed by atoms with Crippen molar-refractivity contribution >= 4 is 28.2 Å². The minimum absolute atomic E-state index is 0.194. The van der Waals surface area contributed by atoms with Crippen LogP contribution in [0.1, 0.15) is 46.1 Å². The number of aromatic nitrogens is 2. The molecule has 1 unspecified atom stereocenters. The number of aryl methyl sites for hydroxylation is 1. The molecule has 1 aliphatic rings. The number of rotatable bonds is 5. The van der Waals surface area contributed by atoms with Crippen LogP contribution in [0.4, 0.5) is 10.9 Å². The van der Waals surface area contributed by atoms with Crippen molar-refractivity contribution in [2.75, 3.05) is 16.8 Å². The summed E-state index contributed by atoms with van der Waals surface area (Å²) in [6.07, 6.45) is 5.15. The molecule has 1 atom stereocenters. The van der Waals surface area contributed by atoms with Crippen LogP contribution in [0, 0.1) is 6.92 Å². The highest BCUT2D eigenvalue weighted by atomic mass is 32.1. The van der Waals surface area contributed by atoms with Gasteiger partial charge >= 0.3 is 0 Å². The summed E-state index contributed by atoms with van der Waals surface area (Å²) in [6.45, 7) is 2.99. The van der Waals surface area contributed by atoms with Crippen LogP contribution < -0.4 is 10.2 Å². The Kier molecular flexibility index (Phi) is 6.17. The normalized spacial score (nSPS) is 15.9. The predicted octanol–water partition coefficient (Wildman–Crippen LogP) is 6.50. The lowest BCUT2D eigenvalue weighted by atomic mass is 9.95. The van der Waals surface area contributed by atoms with E-state index in [2.05, 4.69) is 50.5 Å². The molecular weight excluding hydrogens is 428 g/mol. The third-order valence-electron chi connectivity index (χ3n) is 6.06. The van der Waals surface area contributed by atoms with E-state index in [0.717, 1.165) is 41.3 Å². The lowest BCUT2D eigenvalue weighted by molar-refractivity contribution is 0.102. The van der Waals surface area contributed by atoms with Crippen LogP contribution in [-0.2, 0) is 0 Å². The monoisotopic (exact) mass is 454 g/mol. The number of amides is 1. The number of carbonyl (C=O) groups excluding carboxylic acids is 1. The lowest BCUT2D eigenvalue weighted by Crippen LogP contribution is -2.34. The fraction of sp³-hybridized carbons (Fsp3) is 0.222. The van der Waals surface area contributed by atoms with E-state index in [9.17, 15) is 4.79 Å². The molecule has 1 fully saturated rings. The smallest absolute Gasteiger partial charge is 0.259 e. The molecule has 4 aromatic rings. The van der Waals surface area contributed by atoms with Crippen molar-refractivity contribution < 1.29 is 4.79 Å². The molecule has 0 aliphatic carbocycles. The molecule has 2 aromatic carbocycles. The van der Waals surface area contributed by atoms with Crippen LogP contribution in [0.25, 0.3) is 11.3 Å². The number of thiazole rings is 1. The van der Waals surface area contributed by atoms with Gasteiger partial charge in [-0.25, -0.2) is 9.97 Å². The van der Waals surface area contributed by atoms with Crippen LogP contribution >= 0.6 is 11.3 Å². The second kappa shape index (κ2) is 9.55. The maximum atomic E-state index is 12.8. The van der Waals surface area contributed by atoms with Crippen LogP contribution in [-0.4, -0.2) is 22.4 Å². The molecule has 6 heteroatoms. The molecule has 33 heavy (non-hydrogen) atoms. The Balaban J connectivity index is 1.31. The molecule has 166 valence electrons. The van der Waals surface area contributed by atoms with Crippen LogP contribution in [0.2, 0.25) is 0 Å². The number of nitrogens with one attached hydrogen (secondary N) is 1. The van der Waals surface area contributed by atoms with Gasteiger partial charge in [0.15, 0.2) is 5.13 Å². The van der Waals surface area contributed by atoms with E-state index in [1.54, 1.807) is 6.20 Å². The fourth-order valence-electron chi connectivity index (χ4n) is 4.40. The Bertz CT molecular complexity index is 1220. The number of pyridine rings is 1. The summed E-state index contributed by atoms with van der Waals surface area (Å²) in [5.41, 5.74) is 3.80. The minimum atomic E-state index is -0.194. The summed E-state index contributed by atoms with van der Waals surface area (Å²) in [5.74, 6) is 0.720. The quantitative estimate of drug-likeness (QED) is 0.374. The van der Waals surface area contributed by atoms with E-state index >= 15 is 0 Å². The van der Waals surface area contributed by atoms with Crippen LogP contribution in [0.3, 0.4) is 0 Å². The van der Waals surface area contributed by atoms with Gasteiger partial charge in [-0.2, -0.15) is 0 Å². The van der Waals surface area contributed by atoms with Gasteiger partial charge in [0, 0.05) is 23.2 Å². The van der Waals surface area contributed by atoms with Crippen molar-refractivity contribution in [1.82, 2.24) is 9.97 Å². The van der Waals surface area contributed by atoms with Gasteiger partial charge in [-0.15, -0.1) is 11.3 Å². The van der Waals surface area contributed by atoms with Crippen LogP contribution in [0.5, 0.6) is 0 Å². The summed E-state index contributed by atoms with van der Waals surface area (Å²) in [4.78, 5) is 25.6. The molecule has 1 amide bonds. The average molecular weight is 455 g/mol. The minimum Gasteiger partial charge on any atom is -0.350 e. The largest absolute Gasteiger partial charge is 0.350 e. The lowest BCUT2D eigenvalue weighted by Gasteiger charge is -2.37. The molecule has 5 rings (SSSR count). The molecule has 1 N–H and O–H groups in total. The number of benzene rings is 2. The van der Waals surface area contributed by atoms with Gasteiger partial charge in [-0.3, -0.25) is 10.1 Å². The van der Waals surface area contributed by atoms with Crippen molar-refractivity contribution in [3.63, 3.8) is 0 Å². The first-order chi connectivity index (χ1) is 16.2. The number of nitrogens with zero attached hydrogens (tertiary/aromatic N) is 3. The highest BCUT2D eigenvalue weighted by molar-refractivity contribution is 7.16. The number of hydrogen-bond acceptors (Lipinski definition) is 5. The first kappa shape index (κ1) is 21.3. The number of piperidine rings is 1. The van der Waals surface area contributed by atoms with Gasteiger partial charge in [0.2, 0.25) is 0 Å². The maximum Gasteiger partial charge on any atom is 0.259 e. The Morgan fingerprint density at radius 1 is 1.00 bits per heavy atom. The van der Waals surface area contributed by atoms with E-state index in [4.69, 9.17) is 0 Å². The van der Waals surface area contributed by atoms with E-state index in [0.29, 0.717) is 16.7 Å². The van der Waals surface area contributed by atoms with Crippen molar-refractivity contribution in [3.05, 3.63) is 95.0 Å². The topological polar surface area (TPSA) is 58.1 Å². The summed E-state index contributed by atoms with van der Waals surface area (Å²) < 4.78 is 0. The number of anilines is 2. The van der Waals surface area contributed by atoms with Gasteiger partial charge in [-0.05, 0) is 43.9 Å². The Labute approximate surface area is 198 Å². The molecule has 1 saturated heterocycles. The van der Waals surface area contributed by atoms with Crippen molar-refractivity contribution in [3.8, 4) is 11.3 Å². The van der Waals surface area contributed by atoms with E-state index in [-0.39, 0.29) is 5.91 Å². The zero-order valence-corrected chi connectivity index (χ0v) is 19.4. The molecule has 0 bridgehead atoms. The first-order valence-electron chi connectivity index (χ1n) is 11.3. The molecule has 0 saturated carbocycles. The Hall–Kier alpha value is -3.51. The van der Waals surface area contributed by atoms with Gasteiger partial charge < -0.3 is 4.90 Å². The second-order valence-corrected chi connectivity index (χ2v) is 9.47. The van der Waals surface area contributed by atoms with Gasteiger partial charge in [0.05, 0.1) is 17.3 Å². The van der Waals surface area contributed by atoms with Gasteiger partial charge in [-0.1, -0.05) is 60.7 Å². The number of hydrogen-bond donors (Lipinski definition) is 1. The Morgan fingerprint density at radius 2 is 1.76 bits per heavy atom. The molecule has 1 aliphatic heterocycles. The number of carbonyl (C=O) groups is 1. The molecule has 5 nitrogen and oxygen atoms in total. The summed E-state index contributed by atoms with van der Waals surface area (Å²) in [5, 5.41) is 3.54. The van der Waals surface area contributed by atoms with Crippen molar-refractivity contribution in [2.45, 2.75) is 32.2 Å². The highest BCUT2D eigenvalue weighted by Gasteiger charge is 2.25. The highest BCUT2D eigenvalue weighted by Crippen LogP contribution is 2.34. The van der Waals surface area contributed by atoms with E-state index in [1.807, 2.05) is 49.4 Å². The second-order valence-electron chi connectivity index (χ2n) is 8.26. The zero-order valence-electron chi connectivity index (χ0n) is 18.6. The average Bonchev–Trinajstić information content (AvgIpc) is 3.25. The van der Waals surface area contributed by atoms with Crippen LogP contribution in [0.15, 0.2) is 79.0 Å². The van der Waals surface area contributed by atoms with E-state index < -0.39 is 0 Å². The molecule has 2 aromatic heterocycles. The third kappa shape index (κ3) is 4.66. The summed E-state index contributed by atoms with van der Waals surface area (Å²) >= 11 is 1.48. The molecule has 0 spiro atoms. The standard InChI is InChI=1S/C27H26N4OS/c1-19-25(21-12-6-3-7-13-21)29-27(33-19)30-26(32)22-15-16-24(28-18-22)31-17-9-8-14-23(31)20-10-4-2-5-11-20/h2-7,10-13,15-16,18,23H,8-9,14,17H2,1H3,(H,29,30,32). The predicted molar refractivity (Wildman–Crippen MR) is 135 cm³/mol. The molecular formula is C27H26N4OS. The first-order valence-corrected chi connectivity index (χ1v) is 12.1. The zero-order chi connectivity index (χ0) is 22.6. The van der Waals surface area contributed by atoms with E-state index in [1.165, 1.54) is 23.3 Å². The summed E-state index contributed by atoms with van der Waals surface area (Å²) in [7, 11) is 0. The van der Waals surface area contributed by atoms with Gasteiger partial charge in [0.25, 0.3) is 5.91 Å². The van der Waals surface area contributed by atoms with Gasteiger partial charge in [0.1, 0.15) is 5.82 Å². The Morgan fingerprint density at radius 3 is 2.48 bits per heavy atom. The molecule has 3 heterocycles. The van der Waals surface area contributed by atoms with Crippen molar-refractivity contribution in [2.24, 2.45) is 0 Å². The molecule has 0 radical (unpaired) electrons. The van der Waals surface area contributed by atoms with Crippen molar-refractivity contribution in [1.29, 1.82) is 0 Å². The third-order valence-corrected chi connectivity index (χ3v) is 6.94. The fourth-order valence-corrected chi connectivity index (χ4v) is 5.23.